The lowest BCUT2D eigenvalue weighted by Gasteiger charge is -2.08. The largest absolute Gasteiger partial charge is 0.361 e. The van der Waals surface area contributed by atoms with Crippen molar-refractivity contribution in [2.24, 2.45) is 0 Å². The second kappa shape index (κ2) is 11.9. The van der Waals surface area contributed by atoms with Gasteiger partial charge in [-0.3, -0.25) is 14.9 Å². The zero-order valence-electron chi connectivity index (χ0n) is 9.12. The molecule has 0 aromatic rings. The van der Waals surface area contributed by atoms with E-state index in [1.54, 1.807) is 0 Å². The summed E-state index contributed by atoms with van der Waals surface area (Å²) in [6, 6.07) is 0. The van der Waals surface area contributed by atoms with Crippen LogP contribution in [0.15, 0.2) is 0 Å². The van der Waals surface area contributed by atoms with Crippen LogP contribution in [-0.4, -0.2) is 43.6 Å². The minimum Gasteiger partial charge on any atom is -0.361 e. The highest BCUT2D eigenvalue weighted by atomic mass is 127. The van der Waals surface area contributed by atoms with Crippen molar-refractivity contribution in [3.05, 3.63) is 0 Å². The highest BCUT2D eigenvalue weighted by Crippen LogP contribution is 2.38. The van der Waals surface area contributed by atoms with E-state index in [2.05, 4.69) is 21.4 Å². The summed E-state index contributed by atoms with van der Waals surface area (Å²) in [6.45, 7) is 3.84. The fourth-order valence-electron chi connectivity index (χ4n) is 0.726. The topological polar surface area (TPSA) is 94.7 Å². The van der Waals surface area contributed by atoms with Gasteiger partial charge in [0.15, 0.2) is 0 Å². The van der Waals surface area contributed by atoms with Crippen LogP contribution in [0.2, 0.25) is 0 Å². The number of hydrogen-bond acceptors (Lipinski definition) is 6. The third kappa shape index (κ3) is 12.5. The highest BCUT2D eigenvalue weighted by molar-refractivity contribution is 14.2. The number of amides is 1. The number of carbonyl (C=O) groups excluding carboxylic acids is 1. The predicted molar refractivity (Wildman–Crippen MR) is 71.8 cm³/mol. The number of hydrogen-bond donors (Lipinski definition) is 5. The smallest absolute Gasteiger partial charge is 0.234 e. The lowest BCUT2D eigenvalue weighted by molar-refractivity contribution is -0.120. The van der Waals surface area contributed by atoms with Gasteiger partial charge in [-0.15, -0.1) is 0 Å². The average Bonchev–Trinajstić information content (AvgIpc) is 2.23. The van der Waals surface area contributed by atoms with Gasteiger partial charge in [-0.1, -0.05) is 6.92 Å². The van der Waals surface area contributed by atoms with Gasteiger partial charge in [0.2, 0.25) is 5.91 Å². The predicted octanol–water partition coefficient (Wildman–Crippen LogP) is -0.565. The average molecular weight is 364 g/mol. The molecule has 0 aliphatic carbocycles. The van der Waals surface area contributed by atoms with Crippen molar-refractivity contribution in [1.29, 1.82) is 0 Å². The number of carbonyl (C=O) groups is 1. The Morgan fingerprint density at radius 1 is 1.44 bits per heavy atom. The molecule has 0 radical (unpaired) electrons. The first-order valence-corrected chi connectivity index (χ1v) is 9.08. The normalized spacial score (nSPS) is 12.4. The summed E-state index contributed by atoms with van der Waals surface area (Å²) in [4.78, 5) is 24.9. The van der Waals surface area contributed by atoms with Crippen LogP contribution in [0.4, 0.5) is 0 Å². The van der Waals surface area contributed by atoms with Gasteiger partial charge in [-0.2, -0.15) is 5.48 Å². The summed E-state index contributed by atoms with van der Waals surface area (Å²) in [5, 5.41) is 8.48. The maximum atomic E-state index is 11.1. The maximum Gasteiger partial charge on any atom is 0.234 e. The van der Waals surface area contributed by atoms with E-state index in [1.165, 1.54) is 0 Å². The number of nitrogens with one attached hydrogen (secondary N) is 4. The van der Waals surface area contributed by atoms with E-state index < -0.39 is 5.79 Å². The molecule has 96 valence electrons. The summed E-state index contributed by atoms with van der Waals surface area (Å²) in [6.07, 6.45) is 0.268. The van der Waals surface area contributed by atoms with Gasteiger partial charge < -0.3 is 15.5 Å². The Morgan fingerprint density at radius 2 is 2.19 bits per heavy atom. The molecule has 0 bridgehead atoms. The van der Waals surface area contributed by atoms with Crippen LogP contribution in [0.25, 0.3) is 0 Å². The molecule has 0 aromatic heterocycles. The van der Waals surface area contributed by atoms with Crippen LogP contribution in [0.1, 0.15) is 6.92 Å². The van der Waals surface area contributed by atoms with Gasteiger partial charge >= 0.3 is 0 Å². The molecule has 9 heteroatoms. The number of halogens is 1. The lowest BCUT2D eigenvalue weighted by atomic mass is 10.6. The first-order valence-electron chi connectivity index (χ1n) is 4.81. The highest BCUT2D eigenvalue weighted by Gasteiger charge is 1.99. The molecular formula is C7H18IN4O3P. The number of hydroxylamine groups is 1. The van der Waals surface area contributed by atoms with E-state index in [4.69, 9.17) is 9.73 Å². The van der Waals surface area contributed by atoms with Crippen molar-refractivity contribution in [1.82, 2.24) is 21.4 Å². The summed E-state index contributed by atoms with van der Waals surface area (Å²) in [7, 11) is 0. The van der Waals surface area contributed by atoms with Crippen LogP contribution < -0.4 is 21.4 Å². The van der Waals surface area contributed by atoms with Gasteiger partial charge in [-0.05, 0) is 28.6 Å². The maximum absolute atomic E-state index is 11.1. The monoisotopic (exact) mass is 364 g/mol. The molecule has 16 heavy (non-hydrogen) atoms. The molecule has 0 spiro atoms. The summed E-state index contributed by atoms with van der Waals surface area (Å²) in [5.41, 5.74) is 2.58. The molecule has 0 aromatic carbocycles. The fraction of sp³-hybridized carbons (Fsp3) is 0.857. The minimum absolute atomic E-state index is 0.0824. The molecule has 0 rings (SSSR count). The molecule has 5 N–H and O–H groups in total. The van der Waals surface area contributed by atoms with Crippen LogP contribution >= 0.6 is 27.8 Å². The van der Waals surface area contributed by atoms with Gasteiger partial charge in [0, 0.05) is 0 Å². The van der Waals surface area contributed by atoms with Gasteiger partial charge in [0.25, 0.3) is 0 Å². The van der Waals surface area contributed by atoms with E-state index >= 15 is 0 Å². The molecule has 0 saturated heterocycles. The minimum atomic E-state index is -1.07. The van der Waals surface area contributed by atoms with Gasteiger partial charge in [-0.25, -0.2) is 0 Å². The zero-order chi connectivity index (χ0) is 12.2. The molecule has 0 saturated carbocycles. The van der Waals surface area contributed by atoms with Crippen LogP contribution in [0.5, 0.6) is 0 Å². The van der Waals surface area contributed by atoms with Gasteiger partial charge in [0.1, 0.15) is 12.1 Å². The van der Waals surface area contributed by atoms with Gasteiger partial charge in [0.05, 0.1) is 19.9 Å². The summed E-state index contributed by atoms with van der Waals surface area (Å²) >= 11 is 1.90. The molecule has 7 nitrogen and oxygen atoms in total. The Hall–Kier alpha value is 0.430. The second-order valence-electron chi connectivity index (χ2n) is 2.74. The molecule has 1 unspecified atom stereocenters. The van der Waals surface area contributed by atoms with Crippen molar-refractivity contribution >= 4 is 33.7 Å². The molecule has 0 heterocycles. The lowest BCUT2D eigenvalue weighted by Crippen LogP contribution is -2.41. The zero-order valence-corrected chi connectivity index (χ0v) is 12.2. The number of rotatable bonds is 10. The molecule has 1 amide bonds. The standard InChI is InChI=1S/C7H18IN4O3P/c1-2-9-4-11-7(13)3-10-5-12-15-6-16(8)14/h9-10,12,14H,2-6H2,1H3,(H,11,13). The Labute approximate surface area is 109 Å². The SMILES string of the molecule is CCNCNC(=O)CNCNOCP(O)I. The first-order chi connectivity index (χ1) is 7.66. The van der Waals surface area contributed by atoms with Crippen molar-refractivity contribution in [3.8, 4) is 0 Å². The van der Waals surface area contributed by atoms with E-state index in [9.17, 15) is 4.79 Å². The van der Waals surface area contributed by atoms with Crippen LogP contribution in [-0.2, 0) is 9.63 Å². The Morgan fingerprint density at radius 3 is 2.81 bits per heavy atom. The Kier molecular flexibility index (Phi) is 12.2. The van der Waals surface area contributed by atoms with E-state index in [-0.39, 0.29) is 18.8 Å². The summed E-state index contributed by atoms with van der Waals surface area (Å²) in [5.74, 6) is -1.16. The fourth-order valence-corrected chi connectivity index (χ4v) is 1.34. The molecule has 0 fully saturated rings. The van der Waals surface area contributed by atoms with E-state index in [0.717, 1.165) is 6.54 Å². The van der Waals surface area contributed by atoms with E-state index in [1.807, 2.05) is 29.0 Å². The third-order valence-corrected chi connectivity index (χ3v) is 2.59. The van der Waals surface area contributed by atoms with Crippen LogP contribution in [0.3, 0.4) is 0 Å². The van der Waals surface area contributed by atoms with Crippen molar-refractivity contribution in [3.63, 3.8) is 0 Å². The molecule has 0 aliphatic rings. The van der Waals surface area contributed by atoms with Crippen molar-refractivity contribution in [2.75, 3.05) is 32.8 Å². The third-order valence-electron chi connectivity index (χ3n) is 1.42. The van der Waals surface area contributed by atoms with Crippen molar-refractivity contribution < 1.29 is 14.5 Å². The quantitative estimate of drug-likeness (QED) is 0.117. The van der Waals surface area contributed by atoms with E-state index in [0.29, 0.717) is 13.3 Å². The molecular weight excluding hydrogens is 346 g/mol. The second-order valence-corrected chi connectivity index (χ2v) is 7.01. The molecule has 0 aliphatic heterocycles. The summed E-state index contributed by atoms with van der Waals surface area (Å²) < 4.78 is 0. The Balaban J connectivity index is 3.15. The molecule has 1 atom stereocenters. The van der Waals surface area contributed by atoms with Crippen molar-refractivity contribution in [2.45, 2.75) is 6.92 Å². The Bertz CT molecular complexity index is 187. The van der Waals surface area contributed by atoms with Crippen LogP contribution in [0, 0.1) is 0 Å². The first kappa shape index (κ1) is 16.4.